The van der Waals surface area contributed by atoms with Crippen molar-refractivity contribution in [1.82, 2.24) is 9.80 Å². The van der Waals surface area contributed by atoms with Crippen molar-refractivity contribution in [2.45, 2.75) is 19.4 Å². The Morgan fingerprint density at radius 3 is 2.45 bits per heavy atom. The van der Waals surface area contributed by atoms with Gasteiger partial charge in [-0.2, -0.15) is 0 Å². The van der Waals surface area contributed by atoms with E-state index in [-0.39, 0.29) is 5.91 Å². The van der Waals surface area contributed by atoms with Crippen molar-refractivity contribution in [3.8, 4) is 0 Å². The van der Waals surface area contributed by atoms with Crippen LogP contribution < -0.4 is 4.90 Å². The third-order valence-corrected chi connectivity index (χ3v) is 5.82. The number of amides is 1. The van der Waals surface area contributed by atoms with Crippen molar-refractivity contribution in [3.05, 3.63) is 65.2 Å². The summed E-state index contributed by atoms with van der Waals surface area (Å²) < 4.78 is 0. The first-order valence-electron chi connectivity index (χ1n) is 10.3. The maximum absolute atomic E-state index is 12.9. The van der Waals surface area contributed by atoms with Crippen LogP contribution in [-0.4, -0.2) is 66.1 Å². The van der Waals surface area contributed by atoms with Crippen molar-refractivity contribution in [3.63, 3.8) is 0 Å². The maximum atomic E-state index is 12.9. The lowest BCUT2D eigenvalue weighted by Gasteiger charge is -2.36. The Hall–Kier alpha value is -2.70. The quantitative estimate of drug-likeness (QED) is 0.846. The molecule has 2 heterocycles. The van der Waals surface area contributed by atoms with Gasteiger partial charge in [0, 0.05) is 45.0 Å². The minimum atomic E-state index is -0.894. The molecule has 0 bridgehead atoms. The Labute approximate surface area is 171 Å². The van der Waals surface area contributed by atoms with E-state index in [1.165, 1.54) is 5.56 Å². The molecule has 29 heavy (non-hydrogen) atoms. The van der Waals surface area contributed by atoms with Crippen LogP contribution in [0.25, 0.3) is 0 Å². The van der Waals surface area contributed by atoms with Crippen LogP contribution in [0.15, 0.2) is 48.5 Å². The predicted molar refractivity (Wildman–Crippen MR) is 112 cm³/mol. The van der Waals surface area contributed by atoms with Gasteiger partial charge in [0.05, 0.1) is 12.1 Å². The third kappa shape index (κ3) is 4.66. The molecule has 0 atom stereocenters. The number of para-hydroxylation sites is 1. The standard InChI is InChI=1S/C23H27N3O3/c27-22(26-10-4-8-19-6-1-2-9-21(19)26)17-25-13-11-24(12-14-25)16-18-5-3-7-20(15-18)23(28)29/h1-3,5-7,9,15H,4,8,10-14,16-17H2,(H,28,29). The normalized spacial score (nSPS) is 17.7. The monoisotopic (exact) mass is 393 g/mol. The second-order valence-electron chi connectivity index (χ2n) is 7.84. The lowest BCUT2D eigenvalue weighted by Crippen LogP contribution is -2.50. The zero-order chi connectivity index (χ0) is 20.2. The largest absolute Gasteiger partial charge is 0.478 e. The lowest BCUT2D eigenvalue weighted by molar-refractivity contribution is -0.120. The van der Waals surface area contributed by atoms with Gasteiger partial charge in [0.25, 0.3) is 0 Å². The summed E-state index contributed by atoms with van der Waals surface area (Å²) in [6.45, 7) is 5.44. The van der Waals surface area contributed by atoms with Crippen LogP contribution in [-0.2, 0) is 17.8 Å². The molecule has 0 aliphatic carbocycles. The number of aryl methyl sites for hydroxylation is 1. The molecule has 0 aromatic heterocycles. The Kier molecular flexibility index (Phi) is 5.92. The van der Waals surface area contributed by atoms with Crippen LogP contribution >= 0.6 is 0 Å². The Bertz CT molecular complexity index is 890. The third-order valence-electron chi connectivity index (χ3n) is 5.82. The van der Waals surface area contributed by atoms with Crippen LogP contribution in [0.4, 0.5) is 5.69 Å². The van der Waals surface area contributed by atoms with Gasteiger partial charge in [-0.05, 0) is 42.2 Å². The fourth-order valence-corrected chi connectivity index (χ4v) is 4.24. The van der Waals surface area contributed by atoms with E-state index >= 15 is 0 Å². The molecule has 0 unspecified atom stereocenters. The van der Waals surface area contributed by atoms with Gasteiger partial charge in [0.2, 0.25) is 5.91 Å². The number of anilines is 1. The summed E-state index contributed by atoms with van der Waals surface area (Å²) in [6, 6.07) is 15.3. The minimum absolute atomic E-state index is 0.180. The number of benzene rings is 2. The van der Waals surface area contributed by atoms with Gasteiger partial charge in [0.1, 0.15) is 0 Å². The van der Waals surface area contributed by atoms with Gasteiger partial charge in [-0.3, -0.25) is 14.6 Å². The molecule has 6 nitrogen and oxygen atoms in total. The van der Waals surface area contributed by atoms with E-state index in [9.17, 15) is 9.59 Å². The highest BCUT2D eigenvalue weighted by atomic mass is 16.4. The van der Waals surface area contributed by atoms with Gasteiger partial charge < -0.3 is 10.0 Å². The number of aromatic carboxylic acids is 1. The van der Waals surface area contributed by atoms with E-state index in [0.29, 0.717) is 12.1 Å². The molecule has 0 radical (unpaired) electrons. The number of carboxylic acids is 1. The topological polar surface area (TPSA) is 64.1 Å². The molecule has 2 aromatic rings. The number of rotatable bonds is 5. The average Bonchev–Trinajstić information content (AvgIpc) is 2.75. The number of hydrogen-bond donors (Lipinski definition) is 1. The van der Waals surface area contributed by atoms with Gasteiger partial charge >= 0.3 is 5.97 Å². The number of carbonyl (C=O) groups is 2. The second kappa shape index (κ2) is 8.76. The number of nitrogens with zero attached hydrogens (tertiary/aromatic N) is 3. The summed E-state index contributed by atoms with van der Waals surface area (Å²) in [5.74, 6) is -0.714. The molecular formula is C23H27N3O3. The molecule has 6 heteroatoms. The first kappa shape index (κ1) is 19.6. The van der Waals surface area contributed by atoms with Gasteiger partial charge in [-0.15, -0.1) is 0 Å². The predicted octanol–water partition coefficient (Wildman–Crippen LogP) is 2.48. The molecule has 152 valence electrons. The smallest absolute Gasteiger partial charge is 0.335 e. The van der Waals surface area contributed by atoms with Crippen molar-refractivity contribution < 1.29 is 14.7 Å². The Balaban J connectivity index is 1.30. The van der Waals surface area contributed by atoms with Crippen molar-refractivity contribution in [1.29, 1.82) is 0 Å². The Morgan fingerprint density at radius 2 is 1.66 bits per heavy atom. The molecule has 0 saturated carbocycles. The molecule has 0 spiro atoms. The molecule has 1 saturated heterocycles. The van der Waals surface area contributed by atoms with Crippen molar-refractivity contribution in [2.24, 2.45) is 0 Å². The molecule has 4 rings (SSSR count). The number of carboxylic acid groups (broad SMARTS) is 1. The molecule has 2 aromatic carbocycles. The number of piperazine rings is 1. The van der Waals surface area contributed by atoms with Crippen LogP contribution in [0.5, 0.6) is 0 Å². The summed E-state index contributed by atoms with van der Waals surface area (Å²) in [5.41, 5.74) is 3.68. The van der Waals surface area contributed by atoms with Gasteiger partial charge in [0.15, 0.2) is 0 Å². The van der Waals surface area contributed by atoms with Crippen LogP contribution in [0, 0.1) is 0 Å². The highest BCUT2D eigenvalue weighted by Gasteiger charge is 2.25. The van der Waals surface area contributed by atoms with E-state index in [1.54, 1.807) is 18.2 Å². The summed E-state index contributed by atoms with van der Waals surface area (Å²) >= 11 is 0. The molecule has 2 aliphatic rings. The zero-order valence-electron chi connectivity index (χ0n) is 16.6. The number of fused-ring (bicyclic) bond motifs is 1. The van der Waals surface area contributed by atoms with Gasteiger partial charge in [-0.25, -0.2) is 4.79 Å². The minimum Gasteiger partial charge on any atom is -0.478 e. The average molecular weight is 393 g/mol. The van der Waals surface area contributed by atoms with Crippen LogP contribution in [0.3, 0.4) is 0 Å². The molecular weight excluding hydrogens is 366 g/mol. The van der Waals surface area contributed by atoms with E-state index in [2.05, 4.69) is 21.9 Å². The lowest BCUT2D eigenvalue weighted by atomic mass is 10.0. The SMILES string of the molecule is O=C(O)c1cccc(CN2CCN(CC(=O)N3CCCc4ccccc43)CC2)c1. The first-order chi connectivity index (χ1) is 14.1. The fourth-order valence-electron chi connectivity index (χ4n) is 4.24. The van der Waals surface area contributed by atoms with E-state index in [1.807, 2.05) is 23.1 Å². The maximum Gasteiger partial charge on any atom is 0.335 e. The summed E-state index contributed by atoms with van der Waals surface area (Å²) in [4.78, 5) is 30.6. The zero-order valence-corrected chi connectivity index (χ0v) is 16.6. The summed E-state index contributed by atoms with van der Waals surface area (Å²) in [7, 11) is 0. The molecule has 1 N–H and O–H groups in total. The first-order valence-corrected chi connectivity index (χ1v) is 10.3. The van der Waals surface area contributed by atoms with E-state index in [0.717, 1.165) is 63.4 Å². The second-order valence-corrected chi connectivity index (χ2v) is 7.84. The Morgan fingerprint density at radius 1 is 0.897 bits per heavy atom. The summed E-state index contributed by atoms with van der Waals surface area (Å²) in [6.07, 6.45) is 2.06. The summed E-state index contributed by atoms with van der Waals surface area (Å²) in [5, 5.41) is 9.15. The van der Waals surface area contributed by atoms with Crippen molar-refractivity contribution in [2.75, 3.05) is 44.2 Å². The van der Waals surface area contributed by atoms with Crippen LogP contribution in [0.1, 0.15) is 27.9 Å². The van der Waals surface area contributed by atoms with E-state index < -0.39 is 5.97 Å². The number of carbonyl (C=O) groups excluding carboxylic acids is 1. The molecule has 1 amide bonds. The molecule has 1 fully saturated rings. The highest BCUT2D eigenvalue weighted by Crippen LogP contribution is 2.26. The highest BCUT2D eigenvalue weighted by molar-refractivity contribution is 5.96. The fraction of sp³-hybridized carbons (Fsp3) is 0.391. The van der Waals surface area contributed by atoms with Gasteiger partial charge in [-0.1, -0.05) is 30.3 Å². The van der Waals surface area contributed by atoms with Crippen LogP contribution in [0.2, 0.25) is 0 Å². The molecule has 2 aliphatic heterocycles. The van der Waals surface area contributed by atoms with E-state index in [4.69, 9.17) is 5.11 Å². The van der Waals surface area contributed by atoms with Crippen molar-refractivity contribution >= 4 is 17.6 Å². The number of hydrogen-bond acceptors (Lipinski definition) is 4.